The monoisotopic (exact) mass is 325 g/mol. The maximum Gasteiger partial charge on any atom is 0.269 e. The molecule has 1 aliphatic heterocycles. The number of ether oxygens (including phenoxy) is 2. The van der Waals surface area contributed by atoms with Crippen LogP contribution in [0, 0.1) is 10.1 Å². The molecule has 0 bridgehead atoms. The third-order valence-corrected chi connectivity index (χ3v) is 3.60. The van der Waals surface area contributed by atoms with E-state index in [0.717, 1.165) is 11.1 Å². The van der Waals surface area contributed by atoms with Gasteiger partial charge in [-0.3, -0.25) is 10.1 Å². The summed E-state index contributed by atoms with van der Waals surface area (Å²) in [6.07, 6.45) is 0.398. The van der Waals surface area contributed by atoms with Gasteiger partial charge in [0.25, 0.3) is 5.69 Å². The Morgan fingerprint density at radius 3 is 2.67 bits per heavy atom. The molecule has 4 rings (SSSR count). The molecule has 1 aromatic heterocycles. The van der Waals surface area contributed by atoms with Gasteiger partial charge >= 0.3 is 0 Å². The summed E-state index contributed by atoms with van der Waals surface area (Å²) in [7, 11) is 0. The minimum Gasteiger partial charge on any atom is -0.454 e. The molecule has 0 radical (unpaired) electrons. The molecule has 8 nitrogen and oxygen atoms in total. The fraction of sp³-hybridized carbons (Fsp3) is 0.125. The molecule has 1 aliphatic rings. The standard InChI is InChI=1S/C16H11N3O5/c20-19(21)12-4-1-10(2-5-12)7-15-17-16(18-24-15)11-3-6-13-14(8-11)23-9-22-13/h1-6,8H,7,9H2. The van der Waals surface area contributed by atoms with Gasteiger partial charge in [0.2, 0.25) is 18.5 Å². The van der Waals surface area contributed by atoms with E-state index in [-0.39, 0.29) is 12.5 Å². The Balaban J connectivity index is 1.53. The number of benzene rings is 2. The van der Waals surface area contributed by atoms with Gasteiger partial charge in [0.05, 0.1) is 11.3 Å². The summed E-state index contributed by atoms with van der Waals surface area (Å²) in [4.78, 5) is 14.6. The Morgan fingerprint density at radius 2 is 1.88 bits per heavy atom. The van der Waals surface area contributed by atoms with E-state index in [1.165, 1.54) is 12.1 Å². The Morgan fingerprint density at radius 1 is 1.08 bits per heavy atom. The number of fused-ring (bicyclic) bond motifs is 1. The minimum atomic E-state index is -0.436. The van der Waals surface area contributed by atoms with E-state index in [0.29, 0.717) is 29.6 Å². The van der Waals surface area contributed by atoms with Crippen molar-refractivity contribution in [3.8, 4) is 22.9 Å². The van der Waals surface area contributed by atoms with Crippen LogP contribution in [-0.2, 0) is 6.42 Å². The maximum absolute atomic E-state index is 10.7. The minimum absolute atomic E-state index is 0.0466. The molecular formula is C16H11N3O5. The molecule has 2 heterocycles. The molecule has 0 spiro atoms. The van der Waals surface area contributed by atoms with E-state index in [1.807, 2.05) is 6.07 Å². The van der Waals surface area contributed by atoms with Gasteiger partial charge < -0.3 is 14.0 Å². The first kappa shape index (κ1) is 14.2. The quantitative estimate of drug-likeness (QED) is 0.537. The third-order valence-electron chi connectivity index (χ3n) is 3.60. The van der Waals surface area contributed by atoms with Crippen LogP contribution in [0.1, 0.15) is 11.5 Å². The van der Waals surface area contributed by atoms with E-state index in [4.69, 9.17) is 14.0 Å². The molecule has 8 heteroatoms. The second-order valence-electron chi connectivity index (χ2n) is 5.18. The van der Waals surface area contributed by atoms with Gasteiger partial charge in [0, 0.05) is 17.7 Å². The number of nitro benzene ring substituents is 1. The Hall–Kier alpha value is -3.42. The van der Waals surface area contributed by atoms with Crippen molar-refractivity contribution in [1.29, 1.82) is 0 Å². The number of non-ortho nitro benzene ring substituents is 1. The van der Waals surface area contributed by atoms with Gasteiger partial charge in [0.15, 0.2) is 11.5 Å². The molecule has 24 heavy (non-hydrogen) atoms. The highest BCUT2D eigenvalue weighted by atomic mass is 16.7. The fourth-order valence-corrected chi connectivity index (χ4v) is 2.39. The summed E-state index contributed by atoms with van der Waals surface area (Å²) in [6.45, 7) is 0.205. The first-order valence-corrected chi connectivity index (χ1v) is 7.15. The van der Waals surface area contributed by atoms with Crippen molar-refractivity contribution in [3.05, 3.63) is 64.0 Å². The van der Waals surface area contributed by atoms with Gasteiger partial charge in [0.1, 0.15) is 0 Å². The van der Waals surface area contributed by atoms with Gasteiger partial charge in [-0.05, 0) is 23.8 Å². The zero-order chi connectivity index (χ0) is 16.5. The van der Waals surface area contributed by atoms with E-state index >= 15 is 0 Å². The number of nitrogens with zero attached hydrogens (tertiary/aromatic N) is 3. The van der Waals surface area contributed by atoms with Crippen LogP contribution < -0.4 is 9.47 Å². The molecule has 0 aliphatic carbocycles. The first-order valence-electron chi connectivity index (χ1n) is 7.15. The molecule has 0 saturated heterocycles. The predicted molar refractivity (Wildman–Crippen MR) is 81.8 cm³/mol. The van der Waals surface area contributed by atoms with Crippen molar-refractivity contribution < 1.29 is 18.9 Å². The van der Waals surface area contributed by atoms with Crippen LogP contribution in [0.5, 0.6) is 11.5 Å². The predicted octanol–water partition coefficient (Wildman–Crippen LogP) is 2.96. The normalized spacial score (nSPS) is 12.3. The Kier molecular flexibility index (Phi) is 3.34. The second-order valence-corrected chi connectivity index (χ2v) is 5.18. The lowest BCUT2D eigenvalue weighted by Gasteiger charge is -1.98. The summed E-state index contributed by atoms with van der Waals surface area (Å²) in [6, 6.07) is 11.7. The molecule has 0 unspecified atom stereocenters. The van der Waals surface area contributed by atoms with Crippen LogP contribution in [-0.4, -0.2) is 21.9 Å². The summed E-state index contributed by atoms with van der Waals surface area (Å²) < 4.78 is 15.8. The molecule has 120 valence electrons. The van der Waals surface area contributed by atoms with E-state index in [1.54, 1.807) is 24.3 Å². The molecule has 0 amide bonds. The van der Waals surface area contributed by atoms with Crippen LogP contribution in [0.2, 0.25) is 0 Å². The average Bonchev–Trinajstić information content (AvgIpc) is 3.23. The number of rotatable bonds is 4. The van der Waals surface area contributed by atoms with Crippen molar-refractivity contribution in [2.45, 2.75) is 6.42 Å². The van der Waals surface area contributed by atoms with Gasteiger partial charge in [-0.2, -0.15) is 4.98 Å². The highest BCUT2D eigenvalue weighted by molar-refractivity contribution is 5.61. The molecule has 0 atom stereocenters. The Labute approximate surface area is 135 Å². The van der Waals surface area contributed by atoms with Crippen LogP contribution in [0.4, 0.5) is 5.69 Å². The summed E-state index contributed by atoms with van der Waals surface area (Å²) >= 11 is 0. The lowest BCUT2D eigenvalue weighted by Crippen LogP contribution is -1.92. The smallest absolute Gasteiger partial charge is 0.269 e. The van der Waals surface area contributed by atoms with E-state index in [9.17, 15) is 10.1 Å². The lowest BCUT2D eigenvalue weighted by molar-refractivity contribution is -0.384. The first-order chi connectivity index (χ1) is 11.7. The largest absolute Gasteiger partial charge is 0.454 e. The maximum atomic E-state index is 10.7. The number of aromatic nitrogens is 2. The molecule has 0 fully saturated rings. The highest BCUT2D eigenvalue weighted by Gasteiger charge is 2.16. The van der Waals surface area contributed by atoms with Gasteiger partial charge in [-0.1, -0.05) is 17.3 Å². The molecular weight excluding hydrogens is 314 g/mol. The van der Waals surface area contributed by atoms with Crippen LogP contribution in [0.15, 0.2) is 47.0 Å². The summed E-state index contributed by atoms with van der Waals surface area (Å²) in [5.41, 5.74) is 1.66. The zero-order valence-electron chi connectivity index (χ0n) is 12.3. The van der Waals surface area contributed by atoms with Crippen molar-refractivity contribution in [2.24, 2.45) is 0 Å². The van der Waals surface area contributed by atoms with Crippen LogP contribution in [0.25, 0.3) is 11.4 Å². The van der Waals surface area contributed by atoms with Crippen molar-refractivity contribution >= 4 is 5.69 Å². The Bertz CT molecular complexity index is 904. The third kappa shape index (κ3) is 2.65. The lowest BCUT2D eigenvalue weighted by atomic mass is 10.1. The molecule has 3 aromatic rings. The van der Waals surface area contributed by atoms with E-state index in [2.05, 4.69) is 10.1 Å². The summed E-state index contributed by atoms with van der Waals surface area (Å²) in [5.74, 6) is 2.21. The average molecular weight is 325 g/mol. The topological polar surface area (TPSA) is 101 Å². The summed E-state index contributed by atoms with van der Waals surface area (Å²) in [5, 5.41) is 14.6. The second kappa shape index (κ2) is 5.65. The molecule has 2 aromatic carbocycles. The van der Waals surface area contributed by atoms with Crippen molar-refractivity contribution in [3.63, 3.8) is 0 Å². The molecule has 0 saturated carbocycles. The zero-order valence-corrected chi connectivity index (χ0v) is 12.3. The van der Waals surface area contributed by atoms with Crippen molar-refractivity contribution in [2.75, 3.05) is 6.79 Å². The SMILES string of the molecule is O=[N+]([O-])c1ccc(Cc2nc(-c3ccc4c(c3)OCO4)no2)cc1. The van der Waals surface area contributed by atoms with Crippen molar-refractivity contribution in [1.82, 2.24) is 10.1 Å². The van der Waals surface area contributed by atoms with Gasteiger partial charge in [-0.25, -0.2) is 0 Å². The number of hydrogen-bond acceptors (Lipinski definition) is 7. The highest BCUT2D eigenvalue weighted by Crippen LogP contribution is 2.35. The number of nitro groups is 1. The van der Waals surface area contributed by atoms with Crippen LogP contribution in [0.3, 0.4) is 0 Å². The number of hydrogen-bond donors (Lipinski definition) is 0. The van der Waals surface area contributed by atoms with Gasteiger partial charge in [-0.15, -0.1) is 0 Å². The molecule has 0 N–H and O–H groups in total. The van der Waals surface area contributed by atoms with Crippen LogP contribution >= 0.6 is 0 Å². The fourth-order valence-electron chi connectivity index (χ4n) is 2.39. The van der Waals surface area contributed by atoms with E-state index < -0.39 is 4.92 Å².